The maximum atomic E-state index is 10.7. The van der Waals surface area contributed by atoms with E-state index in [0.717, 1.165) is 5.56 Å². The van der Waals surface area contributed by atoms with Crippen molar-refractivity contribution >= 4 is 11.6 Å². The molecule has 0 amide bonds. The summed E-state index contributed by atoms with van der Waals surface area (Å²) in [7, 11) is 1.84. The lowest BCUT2D eigenvalue weighted by atomic mass is 10.2. The Morgan fingerprint density at radius 2 is 2.47 bits per heavy atom. The van der Waals surface area contributed by atoms with Crippen LogP contribution in [0.1, 0.15) is 16.1 Å². The van der Waals surface area contributed by atoms with Crippen LogP contribution in [0.2, 0.25) is 0 Å². The molecule has 2 heterocycles. The summed E-state index contributed by atoms with van der Waals surface area (Å²) in [6.07, 6.45) is 3.30. The van der Waals surface area contributed by atoms with Crippen LogP contribution in [-0.2, 0) is 6.54 Å². The number of hydrogen-bond acceptors (Lipinski definition) is 3. The van der Waals surface area contributed by atoms with Gasteiger partial charge in [0.15, 0.2) is 5.69 Å². The maximum absolute atomic E-state index is 10.7. The molecular weight excluding hydrogens is 194 g/mol. The predicted molar refractivity (Wildman–Crippen MR) is 54.9 cm³/mol. The van der Waals surface area contributed by atoms with E-state index in [2.05, 4.69) is 10.3 Å². The second-order valence-electron chi connectivity index (χ2n) is 3.23. The normalized spacial score (nSPS) is 10.7. The molecule has 5 heteroatoms. The molecule has 0 fully saturated rings. The lowest BCUT2D eigenvalue weighted by Crippen LogP contribution is -2.06. The van der Waals surface area contributed by atoms with Gasteiger partial charge in [-0.15, -0.1) is 0 Å². The van der Waals surface area contributed by atoms with Crippen molar-refractivity contribution < 1.29 is 9.90 Å². The van der Waals surface area contributed by atoms with Crippen LogP contribution < -0.4 is 5.32 Å². The van der Waals surface area contributed by atoms with Gasteiger partial charge in [0.2, 0.25) is 0 Å². The summed E-state index contributed by atoms with van der Waals surface area (Å²) in [4.78, 5) is 14.8. The highest BCUT2D eigenvalue weighted by Crippen LogP contribution is 2.10. The molecule has 78 valence electrons. The molecule has 0 radical (unpaired) electrons. The Morgan fingerprint density at radius 3 is 3.13 bits per heavy atom. The molecule has 5 nitrogen and oxygen atoms in total. The van der Waals surface area contributed by atoms with Crippen molar-refractivity contribution in [2.75, 3.05) is 7.05 Å². The number of rotatable bonds is 3. The van der Waals surface area contributed by atoms with Crippen LogP contribution >= 0.6 is 0 Å². The standard InChI is InChI=1S/C10H11N3O2/c1-11-5-7-3-2-4-13-6-8(10(14)15)12-9(7)13/h2-4,6,11H,5H2,1H3,(H,14,15). The molecule has 0 atom stereocenters. The van der Waals surface area contributed by atoms with Crippen LogP contribution in [0.4, 0.5) is 0 Å². The summed E-state index contributed by atoms with van der Waals surface area (Å²) in [5.74, 6) is -1.01. The van der Waals surface area contributed by atoms with E-state index < -0.39 is 5.97 Å². The van der Waals surface area contributed by atoms with Gasteiger partial charge in [-0.25, -0.2) is 9.78 Å². The third-order valence-corrected chi connectivity index (χ3v) is 2.15. The molecule has 2 aromatic heterocycles. The first kappa shape index (κ1) is 9.67. The molecule has 2 N–H and O–H groups in total. The minimum absolute atomic E-state index is 0.0681. The number of nitrogens with one attached hydrogen (secondary N) is 1. The number of carbonyl (C=O) groups is 1. The van der Waals surface area contributed by atoms with Crippen molar-refractivity contribution in [2.24, 2.45) is 0 Å². The third kappa shape index (κ3) is 1.69. The van der Waals surface area contributed by atoms with E-state index >= 15 is 0 Å². The number of hydrogen-bond donors (Lipinski definition) is 2. The lowest BCUT2D eigenvalue weighted by Gasteiger charge is -2.01. The van der Waals surface area contributed by atoms with Gasteiger partial charge in [-0.1, -0.05) is 6.07 Å². The molecule has 0 unspecified atom stereocenters. The Morgan fingerprint density at radius 1 is 1.67 bits per heavy atom. The summed E-state index contributed by atoms with van der Waals surface area (Å²) < 4.78 is 1.72. The van der Waals surface area contributed by atoms with E-state index in [1.165, 1.54) is 6.20 Å². The molecular formula is C10H11N3O2. The third-order valence-electron chi connectivity index (χ3n) is 2.15. The largest absolute Gasteiger partial charge is 0.476 e. The van der Waals surface area contributed by atoms with Crippen molar-refractivity contribution in [2.45, 2.75) is 6.54 Å². The van der Waals surface area contributed by atoms with Crippen molar-refractivity contribution in [3.05, 3.63) is 35.8 Å². The van der Waals surface area contributed by atoms with Crippen LogP contribution in [0.15, 0.2) is 24.5 Å². The highest BCUT2D eigenvalue weighted by molar-refractivity contribution is 5.86. The van der Waals surface area contributed by atoms with Gasteiger partial charge in [-0.2, -0.15) is 0 Å². The lowest BCUT2D eigenvalue weighted by molar-refractivity contribution is 0.0691. The van der Waals surface area contributed by atoms with E-state index in [9.17, 15) is 4.79 Å². The first-order valence-electron chi connectivity index (χ1n) is 4.57. The summed E-state index contributed by atoms with van der Waals surface area (Å²) in [6, 6.07) is 3.79. The summed E-state index contributed by atoms with van der Waals surface area (Å²) >= 11 is 0. The fourth-order valence-electron chi connectivity index (χ4n) is 1.50. The molecule has 0 saturated heterocycles. The molecule has 0 aliphatic carbocycles. The Hall–Kier alpha value is -1.88. The highest BCUT2D eigenvalue weighted by atomic mass is 16.4. The number of aromatic carboxylic acids is 1. The second-order valence-corrected chi connectivity index (χ2v) is 3.23. The molecule has 0 bridgehead atoms. The van der Waals surface area contributed by atoms with Crippen LogP contribution in [0.3, 0.4) is 0 Å². The van der Waals surface area contributed by atoms with Crippen LogP contribution in [0, 0.1) is 0 Å². The van der Waals surface area contributed by atoms with Crippen LogP contribution in [0.5, 0.6) is 0 Å². The minimum Gasteiger partial charge on any atom is -0.476 e. The predicted octanol–water partition coefficient (Wildman–Crippen LogP) is 0.752. The number of fused-ring (bicyclic) bond motifs is 1. The zero-order valence-electron chi connectivity index (χ0n) is 8.27. The van der Waals surface area contributed by atoms with Gasteiger partial charge in [0.25, 0.3) is 0 Å². The van der Waals surface area contributed by atoms with Crippen molar-refractivity contribution in [1.82, 2.24) is 14.7 Å². The Labute approximate surface area is 86.4 Å². The molecule has 0 spiro atoms. The van der Waals surface area contributed by atoms with Gasteiger partial charge in [0, 0.05) is 24.5 Å². The summed E-state index contributed by atoms with van der Waals surface area (Å²) in [6.45, 7) is 0.667. The fourth-order valence-corrected chi connectivity index (χ4v) is 1.50. The smallest absolute Gasteiger partial charge is 0.356 e. The number of aromatic nitrogens is 2. The van der Waals surface area contributed by atoms with Gasteiger partial charge >= 0.3 is 5.97 Å². The second kappa shape index (κ2) is 3.70. The molecule has 0 aliphatic heterocycles. The monoisotopic (exact) mass is 205 g/mol. The fraction of sp³-hybridized carbons (Fsp3) is 0.200. The van der Waals surface area contributed by atoms with Crippen molar-refractivity contribution in [1.29, 1.82) is 0 Å². The zero-order chi connectivity index (χ0) is 10.8. The number of pyridine rings is 1. The Balaban J connectivity index is 2.59. The van der Waals surface area contributed by atoms with Gasteiger partial charge in [-0.05, 0) is 13.1 Å². The molecule has 0 saturated carbocycles. The average molecular weight is 205 g/mol. The van der Waals surface area contributed by atoms with E-state index in [-0.39, 0.29) is 5.69 Å². The average Bonchev–Trinajstić information content (AvgIpc) is 2.63. The van der Waals surface area contributed by atoms with E-state index in [4.69, 9.17) is 5.11 Å². The SMILES string of the molecule is CNCc1cccn2cc(C(=O)O)nc12. The van der Waals surface area contributed by atoms with E-state index in [1.54, 1.807) is 10.6 Å². The number of carboxylic acid groups (broad SMARTS) is 1. The first-order chi connectivity index (χ1) is 7.22. The molecule has 0 aromatic carbocycles. The van der Waals surface area contributed by atoms with Gasteiger partial charge in [0.1, 0.15) is 5.65 Å². The van der Waals surface area contributed by atoms with Crippen molar-refractivity contribution in [3.8, 4) is 0 Å². The molecule has 0 aliphatic rings. The van der Waals surface area contributed by atoms with Gasteiger partial charge < -0.3 is 14.8 Å². The summed E-state index contributed by atoms with van der Waals surface area (Å²) in [5.41, 5.74) is 1.73. The first-order valence-corrected chi connectivity index (χ1v) is 4.57. The van der Waals surface area contributed by atoms with Gasteiger partial charge in [0.05, 0.1) is 0 Å². The number of nitrogens with zero attached hydrogens (tertiary/aromatic N) is 2. The van der Waals surface area contributed by atoms with E-state index in [0.29, 0.717) is 12.2 Å². The minimum atomic E-state index is -1.01. The van der Waals surface area contributed by atoms with Crippen LogP contribution in [0.25, 0.3) is 5.65 Å². The van der Waals surface area contributed by atoms with Crippen molar-refractivity contribution in [3.63, 3.8) is 0 Å². The molecule has 2 aromatic rings. The molecule has 2 rings (SSSR count). The number of carboxylic acids is 1. The zero-order valence-corrected chi connectivity index (χ0v) is 8.27. The molecule has 15 heavy (non-hydrogen) atoms. The highest BCUT2D eigenvalue weighted by Gasteiger charge is 2.10. The number of imidazole rings is 1. The quantitative estimate of drug-likeness (QED) is 0.776. The Bertz CT molecular complexity index is 504. The van der Waals surface area contributed by atoms with E-state index in [1.807, 2.05) is 19.2 Å². The van der Waals surface area contributed by atoms with Gasteiger partial charge in [-0.3, -0.25) is 0 Å². The Kier molecular flexibility index (Phi) is 2.39. The van der Waals surface area contributed by atoms with Crippen LogP contribution in [-0.4, -0.2) is 27.5 Å². The topological polar surface area (TPSA) is 66.6 Å². The summed E-state index contributed by atoms with van der Waals surface area (Å²) in [5, 5.41) is 11.8. The maximum Gasteiger partial charge on any atom is 0.356 e.